The van der Waals surface area contributed by atoms with E-state index in [0.717, 1.165) is 12.5 Å². The maximum atomic E-state index is 10.4. The summed E-state index contributed by atoms with van der Waals surface area (Å²) in [5.74, 6) is -0.806. The van der Waals surface area contributed by atoms with Crippen LogP contribution in [0.2, 0.25) is 0 Å². The average Bonchev–Trinajstić information content (AvgIpc) is 2.19. The highest BCUT2D eigenvalue weighted by molar-refractivity contribution is 9.09. The Morgan fingerprint density at radius 2 is 2.20 bits per heavy atom. The summed E-state index contributed by atoms with van der Waals surface area (Å²) in [5.41, 5.74) is 0. The van der Waals surface area contributed by atoms with Crippen LogP contribution < -0.4 is 0 Å². The van der Waals surface area contributed by atoms with E-state index < -0.39 is 12.1 Å². The van der Waals surface area contributed by atoms with Gasteiger partial charge in [0.25, 0.3) is 0 Å². The van der Waals surface area contributed by atoms with Crippen LogP contribution in [-0.2, 0) is 9.53 Å². The Kier molecular flexibility index (Phi) is 4.76. The lowest BCUT2D eigenvalue weighted by atomic mass is 9.85. The molecule has 0 radical (unpaired) electrons. The zero-order chi connectivity index (χ0) is 11.4. The molecule has 0 bridgehead atoms. The molecule has 86 valence electrons. The second-order valence-corrected chi connectivity index (χ2v) is 4.89. The number of carboxylic acid groups (broad SMARTS) is 1. The fourth-order valence-corrected chi connectivity index (χ4v) is 2.63. The minimum absolute atomic E-state index is 0.0420. The first-order valence-corrected chi connectivity index (χ1v) is 5.72. The molecule has 1 aliphatic carbocycles. The molecule has 1 aliphatic rings. The van der Waals surface area contributed by atoms with Crippen molar-refractivity contribution in [2.45, 2.75) is 29.9 Å². The van der Waals surface area contributed by atoms with Crippen molar-refractivity contribution in [1.29, 1.82) is 0 Å². The van der Waals surface area contributed by atoms with E-state index in [1.165, 1.54) is 0 Å². The van der Waals surface area contributed by atoms with Crippen molar-refractivity contribution in [3.8, 4) is 0 Å². The molecule has 4 nitrogen and oxygen atoms in total. The molecule has 1 rings (SSSR count). The van der Waals surface area contributed by atoms with E-state index in [4.69, 9.17) is 9.84 Å². The predicted octanol–water partition coefficient (Wildman–Crippen LogP) is 1.18. The largest absolute Gasteiger partial charge is 0.478 e. The molecule has 0 amide bonds. The van der Waals surface area contributed by atoms with Crippen LogP contribution in [0, 0.1) is 5.92 Å². The molecule has 2 N–H and O–H groups in total. The second kappa shape index (κ2) is 5.63. The third-order valence-electron chi connectivity index (χ3n) is 2.63. The van der Waals surface area contributed by atoms with Gasteiger partial charge >= 0.3 is 5.97 Å². The lowest BCUT2D eigenvalue weighted by molar-refractivity contribution is -0.131. The van der Waals surface area contributed by atoms with E-state index in [2.05, 4.69) is 15.9 Å². The molecule has 1 fully saturated rings. The van der Waals surface area contributed by atoms with Crippen LogP contribution in [0.3, 0.4) is 0 Å². The van der Waals surface area contributed by atoms with Gasteiger partial charge < -0.3 is 14.9 Å². The van der Waals surface area contributed by atoms with Crippen molar-refractivity contribution in [3.63, 3.8) is 0 Å². The molecule has 15 heavy (non-hydrogen) atoms. The maximum Gasteiger partial charge on any atom is 0.327 e. The molecule has 5 heteroatoms. The number of allylic oxidation sites excluding steroid dienone is 1. The van der Waals surface area contributed by atoms with Gasteiger partial charge in [-0.3, -0.25) is 0 Å². The number of ether oxygens (including phenoxy) is 1. The van der Waals surface area contributed by atoms with Gasteiger partial charge in [0.15, 0.2) is 0 Å². The van der Waals surface area contributed by atoms with Crippen LogP contribution in [0.4, 0.5) is 0 Å². The van der Waals surface area contributed by atoms with Gasteiger partial charge in [0.2, 0.25) is 0 Å². The van der Waals surface area contributed by atoms with Crippen LogP contribution in [0.5, 0.6) is 0 Å². The van der Waals surface area contributed by atoms with E-state index in [9.17, 15) is 9.90 Å². The lowest BCUT2D eigenvalue weighted by Gasteiger charge is -2.34. The van der Waals surface area contributed by atoms with Crippen molar-refractivity contribution in [3.05, 3.63) is 12.2 Å². The third kappa shape index (κ3) is 3.59. The molecule has 0 spiro atoms. The van der Waals surface area contributed by atoms with E-state index >= 15 is 0 Å². The summed E-state index contributed by atoms with van der Waals surface area (Å²) >= 11 is 3.37. The van der Waals surface area contributed by atoms with Gasteiger partial charge in [-0.2, -0.15) is 0 Å². The summed E-state index contributed by atoms with van der Waals surface area (Å²) in [5, 5.41) is 18.2. The Morgan fingerprint density at radius 1 is 1.53 bits per heavy atom. The summed E-state index contributed by atoms with van der Waals surface area (Å²) in [6, 6.07) is 0. The molecule has 0 aromatic carbocycles. The van der Waals surface area contributed by atoms with E-state index in [-0.39, 0.29) is 16.8 Å². The topological polar surface area (TPSA) is 66.8 Å². The van der Waals surface area contributed by atoms with Crippen molar-refractivity contribution < 1.29 is 19.7 Å². The molecule has 0 aromatic heterocycles. The fraction of sp³-hybridized carbons (Fsp3) is 0.700. The molecular weight excluding hydrogens is 264 g/mol. The normalized spacial score (nSPS) is 37.0. The highest BCUT2D eigenvalue weighted by atomic mass is 79.9. The highest BCUT2D eigenvalue weighted by Gasteiger charge is 2.34. The first-order chi connectivity index (χ1) is 7.04. The van der Waals surface area contributed by atoms with Gasteiger partial charge in [0, 0.05) is 18.0 Å². The van der Waals surface area contributed by atoms with Gasteiger partial charge in [-0.05, 0) is 18.8 Å². The SMILES string of the molecule is COC1CC(/C=C/C(=O)O)CC(Br)C1O. The number of carboxylic acids is 1. The van der Waals surface area contributed by atoms with Gasteiger partial charge in [-0.15, -0.1) is 0 Å². The molecule has 0 heterocycles. The number of methoxy groups -OCH3 is 1. The molecule has 0 saturated heterocycles. The van der Waals surface area contributed by atoms with E-state index in [1.54, 1.807) is 13.2 Å². The number of aliphatic hydroxyl groups is 1. The Balaban J connectivity index is 2.59. The Morgan fingerprint density at radius 3 is 2.73 bits per heavy atom. The standard InChI is InChI=1S/C10H15BrO4/c1-15-8-5-6(2-3-9(12)13)4-7(11)10(8)14/h2-3,6-8,10,14H,4-5H2,1H3,(H,12,13)/b3-2+. The van der Waals surface area contributed by atoms with Crippen LogP contribution >= 0.6 is 15.9 Å². The van der Waals surface area contributed by atoms with E-state index in [1.807, 2.05) is 0 Å². The molecule has 0 aromatic rings. The van der Waals surface area contributed by atoms with Gasteiger partial charge in [-0.1, -0.05) is 22.0 Å². The zero-order valence-electron chi connectivity index (χ0n) is 8.47. The second-order valence-electron chi connectivity index (χ2n) is 3.71. The third-order valence-corrected chi connectivity index (χ3v) is 3.54. The van der Waals surface area contributed by atoms with Crippen molar-refractivity contribution in [2.75, 3.05) is 7.11 Å². The molecule has 4 atom stereocenters. The molecular formula is C10H15BrO4. The van der Waals surface area contributed by atoms with Crippen LogP contribution in [0.15, 0.2) is 12.2 Å². The number of rotatable bonds is 3. The number of carbonyl (C=O) groups is 1. The average molecular weight is 279 g/mol. The van der Waals surface area contributed by atoms with Crippen molar-refractivity contribution in [2.24, 2.45) is 5.92 Å². The first-order valence-electron chi connectivity index (χ1n) is 4.80. The highest BCUT2D eigenvalue weighted by Crippen LogP contribution is 2.31. The maximum absolute atomic E-state index is 10.4. The van der Waals surface area contributed by atoms with Gasteiger partial charge in [-0.25, -0.2) is 4.79 Å². The lowest BCUT2D eigenvalue weighted by Crippen LogP contribution is -2.42. The summed E-state index contributed by atoms with van der Waals surface area (Å²) in [7, 11) is 1.55. The van der Waals surface area contributed by atoms with E-state index in [0.29, 0.717) is 6.42 Å². The smallest absolute Gasteiger partial charge is 0.327 e. The fourth-order valence-electron chi connectivity index (χ4n) is 1.81. The number of aliphatic carboxylic acids is 1. The Bertz CT molecular complexity index is 254. The molecule has 4 unspecified atom stereocenters. The van der Waals surface area contributed by atoms with Crippen LogP contribution in [0.25, 0.3) is 0 Å². The predicted molar refractivity (Wildman–Crippen MR) is 59.0 cm³/mol. The van der Waals surface area contributed by atoms with Gasteiger partial charge in [0.1, 0.15) is 0 Å². The van der Waals surface area contributed by atoms with Crippen molar-refractivity contribution in [1.82, 2.24) is 0 Å². The Labute approximate surface area is 97.1 Å². The number of hydrogen-bond acceptors (Lipinski definition) is 3. The number of alkyl halides is 1. The quantitative estimate of drug-likeness (QED) is 0.601. The minimum Gasteiger partial charge on any atom is -0.478 e. The zero-order valence-corrected chi connectivity index (χ0v) is 10.1. The molecule has 1 saturated carbocycles. The van der Waals surface area contributed by atoms with Crippen LogP contribution in [-0.4, -0.2) is 40.3 Å². The van der Waals surface area contributed by atoms with Crippen molar-refractivity contribution >= 4 is 21.9 Å². The number of aliphatic hydroxyl groups excluding tert-OH is 1. The van der Waals surface area contributed by atoms with Crippen LogP contribution in [0.1, 0.15) is 12.8 Å². The monoisotopic (exact) mass is 278 g/mol. The summed E-state index contributed by atoms with van der Waals surface area (Å²) in [6.07, 6.45) is 3.44. The number of hydrogen-bond donors (Lipinski definition) is 2. The summed E-state index contributed by atoms with van der Waals surface area (Å²) in [4.78, 5) is 10.3. The summed E-state index contributed by atoms with van der Waals surface area (Å²) < 4.78 is 5.15. The molecule has 0 aliphatic heterocycles. The first kappa shape index (κ1) is 12.7. The minimum atomic E-state index is -0.943. The number of halogens is 1. The van der Waals surface area contributed by atoms with Gasteiger partial charge in [0.05, 0.1) is 12.2 Å². The Hall–Kier alpha value is -0.390. The summed E-state index contributed by atoms with van der Waals surface area (Å²) in [6.45, 7) is 0.